The molecule has 1 heterocycles. The maximum absolute atomic E-state index is 10.9. The number of nitrogens with zero attached hydrogens (tertiary/aromatic N) is 2. The van der Waals surface area contributed by atoms with Gasteiger partial charge in [-0.15, -0.1) is 0 Å². The molecule has 0 fully saturated rings. The summed E-state index contributed by atoms with van der Waals surface area (Å²) in [6, 6.07) is 7.84. The molecule has 0 unspecified atom stereocenters. The largest absolute Gasteiger partial charge is 0.298 e. The van der Waals surface area contributed by atoms with Crippen LogP contribution in [0.2, 0.25) is 0 Å². The van der Waals surface area contributed by atoms with Crippen molar-refractivity contribution < 1.29 is 9.72 Å². The van der Waals surface area contributed by atoms with E-state index in [0.29, 0.717) is 12.0 Å². The third kappa shape index (κ3) is 2.31. The van der Waals surface area contributed by atoms with E-state index in [1.807, 2.05) is 0 Å². The smallest absolute Gasteiger partial charge is 0.294 e. The molecule has 0 radical (unpaired) electrons. The van der Waals surface area contributed by atoms with Gasteiger partial charge < -0.3 is 0 Å². The fourth-order valence-corrected chi connectivity index (χ4v) is 1.42. The number of nitro groups is 1. The number of rotatable bonds is 4. The van der Waals surface area contributed by atoms with Crippen molar-refractivity contribution in [2.24, 2.45) is 0 Å². The van der Waals surface area contributed by atoms with Gasteiger partial charge >= 0.3 is 0 Å². The summed E-state index contributed by atoms with van der Waals surface area (Å²) in [4.78, 5) is 20.9. The van der Waals surface area contributed by atoms with E-state index in [-0.39, 0.29) is 11.3 Å². The number of nitro benzene ring substituents is 1. The summed E-state index contributed by atoms with van der Waals surface area (Å²) in [7, 11) is 0. The Morgan fingerprint density at radius 2 is 2.00 bits per heavy atom. The highest BCUT2D eigenvalue weighted by Crippen LogP contribution is 2.25. The molecule has 17 heavy (non-hydrogen) atoms. The van der Waals surface area contributed by atoms with E-state index >= 15 is 0 Å². The summed E-state index contributed by atoms with van der Waals surface area (Å²) < 4.78 is 1.59. The van der Waals surface area contributed by atoms with Crippen molar-refractivity contribution in [3.63, 3.8) is 0 Å². The van der Waals surface area contributed by atoms with Crippen LogP contribution in [0.15, 0.2) is 42.7 Å². The first kappa shape index (κ1) is 10.9. The standard InChI is InChI=1S/C11H9N3O3/c15-8-9-3-4-10(11(7-9)14(16)17)12-13-5-1-2-6-13/h1-8,12H. The second kappa shape index (κ2) is 4.48. The maximum Gasteiger partial charge on any atom is 0.294 e. The molecule has 1 aromatic carbocycles. The minimum absolute atomic E-state index is 0.136. The molecule has 0 spiro atoms. The van der Waals surface area contributed by atoms with Crippen molar-refractivity contribution in [3.8, 4) is 0 Å². The van der Waals surface area contributed by atoms with Crippen LogP contribution in [0.1, 0.15) is 10.4 Å². The first-order chi connectivity index (χ1) is 8.20. The SMILES string of the molecule is O=Cc1ccc(Nn2cccc2)c([N+](=O)[O-])c1. The summed E-state index contributed by atoms with van der Waals surface area (Å²) in [5, 5.41) is 10.9. The van der Waals surface area contributed by atoms with E-state index in [2.05, 4.69) is 5.43 Å². The third-order valence-corrected chi connectivity index (χ3v) is 2.21. The Bertz CT molecular complexity index is 549. The first-order valence-electron chi connectivity index (χ1n) is 4.84. The van der Waals surface area contributed by atoms with Crippen molar-refractivity contribution in [1.29, 1.82) is 0 Å². The van der Waals surface area contributed by atoms with E-state index in [9.17, 15) is 14.9 Å². The van der Waals surface area contributed by atoms with Crippen molar-refractivity contribution in [2.75, 3.05) is 5.43 Å². The molecule has 0 saturated carbocycles. The second-order valence-corrected chi connectivity index (χ2v) is 3.35. The minimum Gasteiger partial charge on any atom is -0.298 e. The van der Waals surface area contributed by atoms with E-state index in [4.69, 9.17) is 0 Å². The van der Waals surface area contributed by atoms with Crippen LogP contribution in [0.25, 0.3) is 0 Å². The van der Waals surface area contributed by atoms with Crippen LogP contribution in [0.3, 0.4) is 0 Å². The highest BCUT2D eigenvalue weighted by atomic mass is 16.6. The van der Waals surface area contributed by atoms with E-state index < -0.39 is 4.92 Å². The molecular weight excluding hydrogens is 222 g/mol. The first-order valence-corrected chi connectivity index (χ1v) is 4.84. The Morgan fingerprint density at radius 1 is 1.29 bits per heavy atom. The summed E-state index contributed by atoms with van der Waals surface area (Å²) >= 11 is 0. The average Bonchev–Trinajstić information content (AvgIpc) is 2.82. The minimum atomic E-state index is -0.529. The van der Waals surface area contributed by atoms with E-state index in [0.717, 1.165) is 0 Å². The zero-order valence-electron chi connectivity index (χ0n) is 8.74. The Balaban J connectivity index is 2.39. The van der Waals surface area contributed by atoms with Crippen LogP contribution in [0.4, 0.5) is 11.4 Å². The zero-order chi connectivity index (χ0) is 12.3. The maximum atomic E-state index is 10.9. The van der Waals surface area contributed by atoms with Crippen molar-refractivity contribution in [2.45, 2.75) is 0 Å². The molecule has 0 aliphatic carbocycles. The molecule has 0 amide bonds. The van der Waals surface area contributed by atoms with Crippen LogP contribution in [0, 0.1) is 10.1 Å². The monoisotopic (exact) mass is 231 g/mol. The normalized spacial score (nSPS) is 9.88. The quantitative estimate of drug-likeness (QED) is 0.496. The fraction of sp³-hybridized carbons (Fsp3) is 0. The third-order valence-electron chi connectivity index (χ3n) is 2.21. The molecule has 86 valence electrons. The van der Waals surface area contributed by atoms with Gasteiger partial charge in [0, 0.05) is 24.0 Å². The van der Waals surface area contributed by atoms with E-state index in [1.54, 1.807) is 29.2 Å². The van der Waals surface area contributed by atoms with Crippen molar-refractivity contribution >= 4 is 17.7 Å². The number of anilines is 1. The Hall–Kier alpha value is -2.63. The van der Waals surface area contributed by atoms with Gasteiger partial charge in [-0.2, -0.15) is 0 Å². The molecule has 0 aliphatic heterocycles. The molecule has 2 aromatic rings. The zero-order valence-corrected chi connectivity index (χ0v) is 8.74. The van der Waals surface area contributed by atoms with Crippen LogP contribution < -0.4 is 5.43 Å². The highest BCUT2D eigenvalue weighted by Gasteiger charge is 2.14. The number of carbonyl (C=O) groups excluding carboxylic acids is 1. The molecule has 0 atom stereocenters. The Labute approximate surface area is 96.6 Å². The molecule has 0 aliphatic rings. The van der Waals surface area contributed by atoms with Gasteiger partial charge in [0.2, 0.25) is 0 Å². The lowest BCUT2D eigenvalue weighted by Gasteiger charge is -2.07. The van der Waals surface area contributed by atoms with Gasteiger partial charge in [0.05, 0.1) is 4.92 Å². The average molecular weight is 231 g/mol. The number of carbonyl (C=O) groups is 1. The topological polar surface area (TPSA) is 77.2 Å². The predicted octanol–water partition coefficient (Wildman–Crippen LogP) is 2.08. The lowest BCUT2D eigenvalue weighted by molar-refractivity contribution is -0.384. The molecular formula is C11H9N3O3. The van der Waals surface area contributed by atoms with Crippen molar-refractivity contribution in [1.82, 2.24) is 4.68 Å². The lowest BCUT2D eigenvalue weighted by atomic mass is 10.2. The predicted molar refractivity (Wildman–Crippen MR) is 61.9 cm³/mol. The van der Waals surface area contributed by atoms with Gasteiger partial charge in [0.15, 0.2) is 0 Å². The lowest BCUT2D eigenvalue weighted by Crippen LogP contribution is -2.08. The number of benzene rings is 1. The van der Waals surface area contributed by atoms with Crippen LogP contribution in [0.5, 0.6) is 0 Å². The van der Waals surface area contributed by atoms with Crippen molar-refractivity contribution in [3.05, 3.63) is 58.4 Å². The molecule has 6 nitrogen and oxygen atoms in total. The molecule has 1 N–H and O–H groups in total. The van der Waals surface area contributed by atoms with Gasteiger partial charge in [-0.3, -0.25) is 25.0 Å². The number of hydrogen-bond acceptors (Lipinski definition) is 4. The van der Waals surface area contributed by atoms with Crippen LogP contribution >= 0.6 is 0 Å². The summed E-state index contributed by atoms with van der Waals surface area (Å²) in [5.41, 5.74) is 3.31. The molecule has 0 bridgehead atoms. The molecule has 0 saturated heterocycles. The van der Waals surface area contributed by atoms with Gasteiger partial charge in [-0.1, -0.05) is 0 Å². The molecule has 6 heteroatoms. The van der Waals surface area contributed by atoms with Crippen LogP contribution in [-0.2, 0) is 0 Å². The second-order valence-electron chi connectivity index (χ2n) is 3.35. The Kier molecular flexibility index (Phi) is 2.87. The number of nitrogens with one attached hydrogen (secondary N) is 1. The molecule has 2 rings (SSSR count). The van der Waals surface area contributed by atoms with Gasteiger partial charge in [0.25, 0.3) is 5.69 Å². The summed E-state index contributed by atoms with van der Waals surface area (Å²) in [5.74, 6) is 0. The van der Waals surface area contributed by atoms with Gasteiger partial charge in [0.1, 0.15) is 12.0 Å². The van der Waals surface area contributed by atoms with E-state index in [1.165, 1.54) is 18.2 Å². The summed E-state index contributed by atoms with van der Waals surface area (Å²) in [6.45, 7) is 0. The van der Waals surface area contributed by atoms with Gasteiger partial charge in [-0.25, -0.2) is 0 Å². The highest BCUT2D eigenvalue weighted by molar-refractivity contribution is 5.79. The Morgan fingerprint density at radius 3 is 2.59 bits per heavy atom. The van der Waals surface area contributed by atoms with Crippen LogP contribution in [-0.4, -0.2) is 15.9 Å². The van der Waals surface area contributed by atoms with Gasteiger partial charge in [-0.05, 0) is 24.3 Å². The number of aldehydes is 1. The number of aromatic nitrogens is 1. The molecule has 1 aromatic heterocycles. The fourth-order valence-electron chi connectivity index (χ4n) is 1.42. The summed E-state index contributed by atoms with van der Waals surface area (Å²) in [6.07, 6.45) is 4.02. The number of hydrogen-bond donors (Lipinski definition) is 1.